The molecule has 0 bridgehead atoms. The van der Waals surface area contributed by atoms with Gasteiger partial charge in [-0.05, 0) is 24.8 Å². The molecule has 1 saturated carbocycles. The summed E-state index contributed by atoms with van der Waals surface area (Å²) in [6, 6.07) is 1.47. The second kappa shape index (κ2) is 5.74. The Balaban J connectivity index is 1.98. The van der Waals surface area contributed by atoms with E-state index in [1.807, 2.05) is 0 Å². The maximum absolute atomic E-state index is 10.7. The van der Waals surface area contributed by atoms with Crippen LogP contribution < -0.4 is 0 Å². The van der Waals surface area contributed by atoms with Crippen molar-refractivity contribution >= 4 is 29.3 Å². The number of halogens is 1. The average molecular weight is 272 g/mol. The Morgan fingerprint density at radius 2 is 2.24 bits per heavy atom. The van der Waals surface area contributed by atoms with Crippen molar-refractivity contribution in [2.24, 2.45) is 5.92 Å². The third-order valence-corrected chi connectivity index (χ3v) is 4.62. The first-order valence-corrected chi connectivity index (χ1v) is 7.05. The molecule has 0 spiro atoms. The molecule has 0 unspecified atom stereocenters. The average Bonchev–Trinajstić information content (AvgIpc) is 2.80. The van der Waals surface area contributed by atoms with Crippen LogP contribution in [0.3, 0.4) is 0 Å². The number of rotatable bonds is 4. The zero-order chi connectivity index (χ0) is 12.3. The van der Waals surface area contributed by atoms with Crippen molar-refractivity contribution in [3.8, 4) is 0 Å². The summed E-state index contributed by atoms with van der Waals surface area (Å²) in [4.78, 5) is 14.8. The normalized spacial score (nSPS) is 16.3. The van der Waals surface area contributed by atoms with Gasteiger partial charge in [0.1, 0.15) is 5.03 Å². The summed E-state index contributed by atoms with van der Waals surface area (Å²) in [6.45, 7) is 0. The minimum absolute atomic E-state index is 0.139. The molecule has 1 fully saturated rings. The number of aromatic carboxylic acids is 1. The van der Waals surface area contributed by atoms with Gasteiger partial charge >= 0.3 is 5.97 Å². The standard InChI is InChI=1S/C12H14ClNO2S/c13-10-5-9(12(15)16)6-14-11(10)17-7-8-3-1-2-4-8/h5-6,8H,1-4,7H2,(H,15,16). The molecule has 1 aromatic rings. The number of hydrogen-bond acceptors (Lipinski definition) is 3. The highest BCUT2D eigenvalue weighted by atomic mass is 35.5. The van der Waals surface area contributed by atoms with Crippen LogP contribution in [0.2, 0.25) is 5.02 Å². The molecular formula is C12H14ClNO2S. The molecule has 1 aliphatic carbocycles. The van der Waals surface area contributed by atoms with Crippen molar-refractivity contribution < 1.29 is 9.90 Å². The van der Waals surface area contributed by atoms with Crippen LogP contribution in [0.1, 0.15) is 36.0 Å². The van der Waals surface area contributed by atoms with E-state index in [2.05, 4.69) is 4.98 Å². The predicted molar refractivity (Wildman–Crippen MR) is 68.9 cm³/mol. The summed E-state index contributed by atoms with van der Waals surface area (Å²) in [5.74, 6) is 0.794. The monoisotopic (exact) mass is 271 g/mol. The van der Waals surface area contributed by atoms with Gasteiger partial charge in [-0.3, -0.25) is 0 Å². The number of carboxylic acid groups (broad SMARTS) is 1. The number of hydrogen-bond donors (Lipinski definition) is 1. The topological polar surface area (TPSA) is 50.2 Å². The molecule has 0 aliphatic heterocycles. The Morgan fingerprint density at radius 3 is 2.82 bits per heavy atom. The van der Waals surface area contributed by atoms with Gasteiger partial charge in [0.15, 0.2) is 0 Å². The first kappa shape index (κ1) is 12.7. The first-order valence-electron chi connectivity index (χ1n) is 5.68. The lowest BCUT2D eigenvalue weighted by molar-refractivity contribution is 0.0696. The van der Waals surface area contributed by atoms with E-state index in [0.717, 1.165) is 16.7 Å². The summed E-state index contributed by atoms with van der Waals surface area (Å²) in [5.41, 5.74) is 0.139. The Hall–Kier alpha value is -0.740. The molecule has 0 aromatic carbocycles. The third-order valence-electron chi connectivity index (χ3n) is 2.98. The van der Waals surface area contributed by atoms with Crippen LogP contribution >= 0.6 is 23.4 Å². The number of thioether (sulfide) groups is 1. The molecule has 0 radical (unpaired) electrons. The van der Waals surface area contributed by atoms with Gasteiger partial charge in [-0.2, -0.15) is 0 Å². The molecule has 1 aromatic heterocycles. The van der Waals surface area contributed by atoms with Crippen molar-refractivity contribution in [1.82, 2.24) is 4.98 Å². The van der Waals surface area contributed by atoms with Gasteiger partial charge in [0.05, 0.1) is 10.6 Å². The Bertz CT molecular complexity index is 419. The van der Waals surface area contributed by atoms with Crippen molar-refractivity contribution in [2.75, 3.05) is 5.75 Å². The fourth-order valence-electron chi connectivity index (χ4n) is 2.02. The smallest absolute Gasteiger partial charge is 0.337 e. The van der Waals surface area contributed by atoms with Crippen LogP contribution in [-0.4, -0.2) is 21.8 Å². The summed E-state index contributed by atoms with van der Waals surface area (Å²) < 4.78 is 0. The minimum Gasteiger partial charge on any atom is -0.478 e. The van der Waals surface area contributed by atoms with Gasteiger partial charge in [0.2, 0.25) is 0 Å². The van der Waals surface area contributed by atoms with Crippen molar-refractivity contribution in [3.63, 3.8) is 0 Å². The summed E-state index contributed by atoms with van der Waals surface area (Å²) >= 11 is 7.64. The highest BCUT2D eigenvalue weighted by Crippen LogP contribution is 2.32. The largest absolute Gasteiger partial charge is 0.478 e. The number of nitrogens with zero attached hydrogens (tertiary/aromatic N) is 1. The maximum atomic E-state index is 10.7. The third kappa shape index (κ3) is 3.36. The van der Waals surface area contributed by atoms with Crippen LogP contribution in [0.25, 0.3) is 0 Å². The van der Waals surface area contributed by atoms with E-state index in [1.165, 1.54) is 37.9 Å². The molecule has 1 N–H and O–H groups in total. The van der Waals surface area contributed by atoms with E-state index in [-0.39, 0.29) is 5.56 Å². The Morgan fingerprint density at radius 1 is 1.53 bits per heavy atom. The zero-order valence-corrected chi connectivity index (χ0v) is 10.9. The van der Waals surface area contributed by atoms with E-state index in [1.54, 1.807) is 11.8 Å². The molecule has 1 heterocycles. The fourth-order valence-corrected chi connectivity index (χ4v) is 3.40. The van der Waals surface area contributed by atoms with Crippen LogP contribution in [0.4, 0.5) is 0 Å². The highest BCUT2D eigenvalue weighted by Gasteiger charge is 2.16. The number of pyridine rings is 1. The van der Waals surface area contributed by atoms with E-state index < -0.39 is 5.97 Å². The Kier molecular flexibility index (Phi) is 4.29. The highest BCUT2D eigenvalue weighted by molar-refractivity contribution is 7.99. The molecular weight excluding hydrogens is 258 g/mol. The van der Waals surface area contributed by atoms with Gasteiger partial charge in [-0.15, -0.1) is 11.8 Å². The lowest BCUT2D eigenvalue weighted by atomic mass is 10.1. The molecule has 0 amide bonds. The van der Waals surface area contributed by atoms with Crippen molar-refractivity contribution in [1.29, 1.82) is 0 Å². The number of carboxylic acids is 1. The van der Waals surface area contributed by atoms with Crippen LogP contribution in [-0.2, 0) is 0 Å². The second-order valence-electron chi connectivity index (χ2n) is 4.28. The molecule has 0 saturated heterocycles. The first-order chi connectivity index (χ1) is 8.16. The van der Waals surface area contributed by atoms with Gasteiger partial charge in [-0.1, -0.05) is 24.4 Å². The molecule has 0 atom stereocenters. The van der Waals surface area contributed by atoms with E-state index in [4.69, 9.17) is 16.7 Å². The molecule has 92 valence electrons. The Labute approximate surface area is 110 Å². The van der Waals surface area contributed by atoms with E-state index >= 15 is 0 Å². The predicted octanol–water partition coefficient (Wildman–Crippen LogP) is 3.72. The number of aromatic nitrogens is 1. The lowest BCUT2D eigenvalue weighted by Gasteiger charge is -2.08. The molecule has 2 rings (SSSR count). The van der Waals surface area contributed by atoms with Crippen LogP contribution in [0, 0.1) is 5.92 Å². The van der Waals surface area contributed by atoms with Crippen LogP contribution in [0.5, 0.6) is 0 Å². The quantitative estimate of drug-likeness (QED) is 0.848. The maximum Gasteiger partial charge on any atom is 0.337 e. The van der Waals surface area contributed by atoms with E-state index in [9.17, 15) is 4.79 Å². The molecule has 3 nitrogen and oxygen atoms in total. The van der Waals surface area contributed by atoms with Gasteiger partial charge in [0, 0.05) is 11.9 Å². The molecule has 1 aliphatic rings. The fraction of sp³-hybridized carbons (Fsp3) is 0.500. The molecule has 5 heteroatoms. The van der Waals surface area contributed by atoms with Gasteiger partial charge < -0.3 is 5.11 Å². The summed E-state index contributed by atoms with van der Waals surface area (Å²) in [5, 5.41) is 9.97. The second-order valence-corrected chi connectivity index (χ2v) is 5.69. The zero-order valence-electron chi connectivity index (χ0n) is 9.36. The van der Waals surface area contributed by atoms with E-state index in [0.29, 0.717) is 5.02 Å². The lowest BCUT2D eigenvalue weighted by Crippen LogP contribution is -2.00. The van der Waals surface area contributed by atoms with Crippen molar-refractivity contribution in [3.05, 3.63) is 22.8 Å². The van der Waals surface area contributed by atoms with Gasteiger partial charge in [0.25, 0.3) is 0 Å². The van der Waals surface area contributed by atoms with Gasteiger partial charge in [-0.25, -0.2) is 9.78 Å². The van der Waals surface area contributed by atoms with Crippen LogP contribution in [0.15, 0.2) is 17.3 Å². The minimum atomic E-state index is -0.994. The summed E-state index contributed by atoms with van der Waals surface area (Å²) in [6.07, 6.45) is 6.59. The SMILES string of the molecule is O=C(O)c1cnc(SCC2CCCC2)c(Cl)c1. The number of carbonyl (C=O) groups is 1. The van der Waals surface area contributed by atoms with Crippen molar-refractivity contribution in [2.45, 2.75) is 30.7 Å². The summed E-state index contributed by atoms with van der Waals surface area (Å²) in [7, 11) is 0. The molecule has 17 heavy (non-hydrogen) atoms.